The van der Waals surface area contributed by atoms with Crippen molar-refractivity contribution in [1.29, 1.82) is 0 Å². The van der Waals surface area contributed by atoms with Crippen LogP contribution in [0.2, 0.25) is 0 Å². The maximum absolute atomic E-state index is 12.1. The lowest BCUT2D eigenvalue weighted by Gasteiger charge is -2.11. The topological polar surface area (TPSA) is 58.4 Å². The molecule has 1 aliphatic rings. The molecule has 1 saturated heterocycles. The normalized spacial score (nSPS) is 18.9. The fourth-order valence-electron chi connectivity index (χ4n) is 2.18. The van der Waals surface area contributed by atoms with Crippen molar-refractivity contribution in [3.8, 4) is 0 Å². The van der Waals surface area contributed by atoms with Crippen molar-refractivity contribution in [2.24, 2.45) is 0 Å². The van der Waals surface area contributed by atoms with Gasteiger partial charge in [0.25, 0.3) is 0 Å². The maximum Gasteiger partial charge on any atom is 0.242 e. The van der Waals surface area contributed by atoms with E-state index in [1.807, 2.05) is 36.6 Å². The Hall–Kier alpha value is -1.53. The van der Waals surface area contributed by atoms with E-state index in [0.717, 1.165) is 34.4 Å². The molecule has 3 heterocycles. The van der Waals surface area contributed by atoms with Crippen LogP contribution < -0.4 is 10.6 Å². The van der Waals surface area contributed by atoms with Gasteiger partial charge in [0, 0.05) is 23.5 Å². The van der Waals surface area contributed by atoms with Crippen molar-refractivity contribution in [2.45, 2.75) is 19.9 Å². The van der Waals surface area contributed by atoms with E-state index in [1.54, 1.807) is 11.8 Å². The van der Waals surface area contributed by atoms with Gasteiger partial charge in [-0.1, -0.05) is 0 Å². The minimum Gasteiger partial charge on any atom is -0.322 e. The molecule has 0 radical (unpaired) electrons. The van der Waals surface area contributed by atoms with Crippen LogP contribution in [0.5, 0.6) is 0 Å². The van der Waals surface area contributed by atoms with Gasteiger partial charge in [-0.25, -0.2) is 4.98 Å². The third-order valence-corrected chi connectivity index (χ3v) is 4.36. The van der Waals surface area contributed by atoms with Crippen molar-refractivity contribution in [3.05, 3.63) is 29.7 Å². The first kappa shape index (κ1) is 12.5. The molecule has 0 aromatic carbocycles. The number of rotatable bonds is 2. The highest BCUT2D eigenvalue weighted by Gasteiger charge is 2.23. The molecule has 19 heavy (non-hydrogen) atoms. The predicted octanol–water partition coefficient (Wildman–Crippen LogP) is 1.55. The molecule has 2 N–H and O–H groups in total. The number of nitrogens with one attached hydrogen (secondary N) is 2. The van der Waals surface area contributed by atoms with Gasteiger partial charge < -0.3 is 9.72 Å². The third kappa shape index (κ3) is 2.21. The monoisotopic (exact) mass is 276 g/mol. The lowest BCUT2D eigenvalue weighted by atomic mass is 10.3. The van der Waals surface area contributed by atoms with Crippen LogP contribution in [-0.2, 0) is 4.79 Å². The van der Waals surface area contributed by atoms with E-state index < -0.39 is 0 Å². The Morgan fingerprint density at radius 1 is 1.58 bits per heavy atom. The summed E-state index contributed by atoms with van der Waals surface area (Å²) in [6.07, 6.45) is 1.96. The van der Waals surface area contributed by atoms with E-state index in [1.165, 1.54) is 0 Å². The van der Waals surface area contributed by atoms with E-state index in [9.17, 15) is 4.79 Å². The number of carbonyl (C=O) groups excluding carboxylic acids is 1. The van der Waals surface area contributed by atoms with Gasteiger partial charge >= 0.3 is 0 Å². The molecular formula is C13H16N4OS. The standard InChI is InChI=1S/C13H16N4OS/c1-8-9(2)17-5-3-4-10(12(17)15-8)16-13(18)11-6-19-7-14-11/h3-5,11,14H,6-7H2,1-2H3,(H,16,18). The largest absolute Gasteiger partial charge is 0.322 e. The molecule has 1 fully saturated rings. The van der Waals surface area contributed by atoms with Gasteiger partial charge in [0.05, 0.1) is 17.4 Å². The van der Waals surface area contributed by atoms with Gasteiger partial charge in [-0.15, -0.1) is 11.8 Å². The van der Waals surface area contributed by atoms with Crippen molar-refractivity contribution < 1.29 is 4.79 Å². The molecule has 2 aromatic rings. The zero-order valence-electron chi connectivity index (χ0n) is 10.9. The number of imidazole rings is 1. The van der Waals surface area contributed by atoms with Gasteiger partial charge in [-0.05, 0) is 26.0 Å². The van der Waals surface area contributed by atoms with E-state index in [4.69, 9.17) is 0 Å². The molecular weight excluding hydrogens is 260 g/mol. The molecule has 0 bridgehead atoms. The first-order valence-corrected chi connectivity index (χ1v) is 7.38. The van der Waals surface area contributed by atoms with Crippen LogP contribution in [0.4, 0.5) is 5.69 Å². The van der Waals surface area contributed by atoms with Crippen LogP contribution in [0, 0.1) is 13.8 Å². The minimum absolute atomic E-state index is 0.0106. The fraction of sp³-hybridized carbons (Fsp3) is 0.385. The molecule has 100 valence electrons. The molecule has 5 nitrogen and oxygen atoms in total. The zero-order chi connectivity index (χ0) is 13.4. The highest BCUT2D eigenvalue weighted by molar-refractivity contribution is 7.99. The van der Waals surface area contributed by atoms with E-state index in [2.05, 4.69) is 15.6 Å². The number of pyridine rings is 1. The van der Waals surface area contributed by atoms with Gasteiger partial charge in [0.2, 0.25) is 5.91 Å². The van der Waals surface area contributed by atoms with Crippen LogP contribution in [-0.4, -0.2) is 33.0 Å². The van der Waals surface area contributed by atoms with Crippen LogP contribution in [0.15, 0.2) is 18.3 Å². The van der Waals surface area contributed by atoms with Crippen molar-refractivity contribution in [1.82, 2.24) is 14.7 Å². The average Bonchev–Trinajstić information content (AvgIpc) is 3.01. The fourth-order valence-corrected chi connectivity index (χ4v) is 3.12. The predicted molar refractivity (Wildman–Crippen MR) is 77.5 cm³/mol. The Bertz CT molecular complexity index is 631. The maximum atomic E-state index is 12.1. The summed E-state index contributed by atoms with van der Waals surface area (Å²) in [6, 6.07) is 3.71. The highest BCUT2D eigenvalue weighted by atomic mass is 32.2. The number of aromatic nitrogens is 2. The number of thioether (sulfide) groups is 1. The number of fused-ring (bicyclic) bond motifs is 1. The zero-order valence-corrected chi connectivity index (χ0v) is 11.8. The summed E-state index contributed by atoms with van der Waals surface area (Å²) < 4.78 is 2.00. The Morgan fingerprint density at radius 3 is 3.16 bits per heavy atom. The third-order valence-electron chi connectivity index (χ3n) is 3.42. The van der Waals surface area contributed by atoms with Gasteiger partial charge in [-0.2, -0.15) is 0 Å². The number of anilines is 1. The molecule has 0 spiro atoms. The number of amides is 1. The Kier molecular flexibility index (Phi) is 3.20. The SMILES string of the molecule is Cc1nc2c(NC(=O)C3CSCN3)cccn2c1C. The lowest BCUT2D eigenvalue weighted by molar-refractivity contribution is -0.117. The Balaban J connectivity index is 1.92. The van der Waals surface area contributed by atoms with Crippen LogP contribution in [0.25, 0.3) is 5.65 Å². The first-order chi connectivity index (χ1) is 9.16. The summed E-state index contributed by atoms with van der Waals surface area (Å²) in [5, 5.41) is 6.13. The molecule has 6 heteroatoms. The lowest BCUT2D eigenvalue weighted by Crippen LogP contribution is -2.37. The van der Waals surface area contributed by atoms with E-state index in [0.29, 0.717) is 0 Å². The van der Waals surface area contributed by atoms with Gasteiger partial charge in [-0.3, -0.25) is 10.1 Å². The molecule has 1 atom stereocenters. The van der Waals surface area contributed by atoms with Gasteiger partial charge in [0.1, 0.15) is 0 Å². The number of hydrogen-bond acceptors (Lipinski definition) is 4. The molecule has 2 aromatic heterocycles. The summed E-state index contributed by atoms with van der Waals surface area (Å²) >= 11 is 1.74. The van der Waals surface area contributed by atoms with Crippen LogP contribution in [0.1, 0.15) is 11.4 Å². The highest BCUT2D eigenvalue weighted by Crippen LogP contribution is 2.20. The van der Waals surface area contributed by atoms with Crippen molar-refractivity contribution >= 4 is 29.0 Å². The number of nitrogens with zero attached hydrogens (tertiary/aromatic N) is 2. The second-order valence-corrected chi connectivity index (χ2v) is 5.69. The second-order valence-electron chi connectivity index (χ2n) is 4.66. The number of aryl methyl sites for hydroxylation is 2. The first-order valence-electron chi connectivity index (χ1n) is 6.23. The van der Waals surface area contributed by atoms with Gasteiger partial charge in [0.15, 0.2) is 5.65 Å². The second kappa shape index (κ2) is 4.86. The molecule has 1 aliphatic heterocycles. The molecule has 3 rings (SSSR count). The minimum atomic E-state index is -0.109. The summed E-state index contributed by atoms with van der Waals surface area (Å²) in [4.78, 5) is 16.6. The summed E-state index contributed by atoms with van der Waals surface area (Å²) in [5.74, 6) is 1.67. The molecule has 0 aliphatic carbocycles. The van der Waals surface area contributed by atoms with Crippen molar-refractivity contribution in [2.75, 3.05) is 16.9 Å². The van der Waals surface area contributed by atoms with Crippen molar-refractivity contribution in [3.63, 3.8) is 0 Å². The van der Waals surface area contributed by atoms with E-state index >= 15 is 0 Å². The molecule has 0 saturated carbocycles. The molecule has 1 amide bonds. The summed E-state index contributed by atoms with van der Waals surface area (Å²) in [7, 11) is 0. The Morgan fingerprint density at radius 2 is 2.42 bits per heavy atom. The van der Waals surface area contributed by atoms with E-state index in [-0.39, 0.29) is 11.9 Å². The quantitative estimate of drug-likeness (QED) is 0.874. The van der Waals surface area contributed by atoms with Crippen LogP contribution in [0.3, 0.4) is 0 Å². The molecule has 1 unspecified atom stereocenters. The number of hydrogen-bond donors (Lipinski definition) is 2. The average molecular weight is 276 g/mol. The van der Waals surface area contributed by atoms with Crippen LogP contribution >= 0.6 is 11.8 Å². The smallest absolute Gasteiger partial charge is 0.242 e. The summed E-state index contributed by atoms with van der Waals surface area (Å²) in [5.41, 5.74) is 3.65. The number of carbonyl (C=O) groups is 1. The Labute approximate surface area is 115 Å². The summed E-state index contributed by atoms with van der Waals surface area (Å²) in [6.45, 7) is 4.00.